The molecule has 5 heteroatoms. The summed E-state index contributed by atoms with van der Waals surface area (Å²) >= 11 is 0. The summed E-state index contributed by atoms with van der Waals surface area (Å²) < 4.78 is 2.53. The van der Waals surface area contributed by atoms with Gasteiger partial charge in [0.25, 0.3) is 0 Å². The van der Waals surface area contributed by atoms with Crippen LogP contribution in [0.15, 0.2) is 29.2 Å². The molecule has 0 saturated heterocycles. The number of aromatic nitrogens is 3. The lowest BCUT2D eigenvalue weighted by molar-refractivity contribution is 0.679. The minimum atomic E-state index is -0.280. The van der Waals surface area contributed by atoms with E-state index in [4.69, 9.17) is 5.26 Å². The van der Waals surface area contributed by atoms with E-state index in [-0.39, 0.29) is 12.2 Å². The third-order valence-corrected chi connectivity index (χ3v) is 1.71. The van der Waals surface area contributed by atoms with Crippen LogP contribution in [0, 0.1) is 11.3 Å². The van der Waals surface area contributed by atoms with Crippen LogP contribution in [0.2, 0.25) is 0 Å². The summed E-state index contributed by atoms with van der Waals surface area (Å²) in [5, 5.41) is 12.4. The average Bonchev–Trinajstić information content (AvgIpc) is 2.46. The van der Waals surface area contributed by atoms with Crippen LogP contribution in [0.1, 0.15) is 0 Å². The molecular formula is C8H6N4O. The fourth-order valence-electron chi connectivity index (χ4n) is 1.14. The molecule has 0 amide bonds. The van der Waals surface area contributed by atoms with E-state index in [2.05, 4.69) is 5.10 Å². The predicted octanol–water partition coefficient (Wildman–Crippen LogP) is 0.0196. The first-order chi connectivity index (χ1) is 6.33. The molecule has 0 aliphatic heterocycles. The van der Waals surface area contributed by atoms with Crippen LogP contribution >= 0.6 is 0 Å². The van der Waals surface area contributed by atoms with Gasteiger partial charge in [0, 0.05) is 6.20 Å². The van der Waals surface area contributed by atoms with Crippen molar-refractivity contribution in [2.45, 2.75) is 6.54 Å². The molecule has 0 saturated carbocycles. The summed E-state index contributed by atoms with van der Waals surface area (Å²) in [5.74, 6) is 0. The Labute approximate surface area is 73.5 Å². The standard InChI is InChI=1S/C8H6N4O/c9-4-6-12-8(13)11-5-2-1-3-7(11)10-12/h1-3,5H,6H2. The summed E-state index contributed by atoms with van der Waals surface area (Å²) in [6.07, 6.45) is 1.62. The maximum atomic E-state index is 11.4. The zero-order valence-corrected chi connectivity index (χ0v) is 6.71. The lowest BCUT2D eigenvalue weighted by Crippen LogP contribution is -2.20. The topological polar surface area (TPSA) is 63.1 Å². The molecule has 0 atom stereocenters. The summed E-state index contributed by atoms with van der Waals surface area (Å²) in [5.41, 5.74) is 0.278. The third-order valence-electron chi connectivity index (χ3n) is 1.71. The van der Waals surface area contributed by atoms with Crippen molar-refractivity contribution in [1.82, 2.24) is 14.2 Å². The summed E-state index contributed by atoms with van der Waals surface area (Å²) in [6, 6.07) is 7.12. The highest BCUT2D eigenvalue weighted by Crippen LogP contribution is 1.93. The third kappa shape index (κ3) is 1.08. The Balaban J connectivity index is 2.76. The number of nitrogens with zero attached hydrogens (tertiary/aromatic N) is 4. The first kappa shape index (κ1) is 7.55. The van der Waals surface area contributed by atoms with Crippen molar-refractivity contribution in [3.63, 3.8) is 0 Å². The minimum absolute atomic E-state index is 0.0134. The van der Waals surface area contributed by atoms with Crippen molar-refractivity contribution < 1.29 is 0 Å². The van der Waals surface area contributed by atoms with Crippen LogP contribution in [0.5, 0.6) is 0 Å². The van der Waals surface area contributed by atoms with Crippen LogP contribution in [0.4, 0.5) is 0 Å². The molecule has 0 radical (unpaired) electrons. The van der Waals surface area contributed by atoms with Crippen molar-refractivity contribution in [3.8, 4) is 6.07 Å². The SMILES string of the molecule is N#CCn1nc2ccccn2c1=O. The first-order valence-electron chi connectivity index (χ1n) is 3.74. The number of hydrogen-bond donors (Lipinski definition) is 0. The molecule has 0 aliphatic rings. The fraction of sp³-hybridized carbons (Fsp3) is 0.125. The van der Waals surface area contributed by atoms with Gasteiger partial charge in [-0.05, 0) is 12.1 Å². The molecule has 2 aromatic rings. The number of hydrogen-bond acceptors (Lipinski definition) is 3. The van der Waals surface area contributed by atoms with Crippen molar-refractivity contribution in [3.05, 3.63) is 34.9 Å². The molecule has 0 unspecified atom stereocenters. The van der Waals surface area contributed by atoms with Gasteiger partial charge in [-0.25, -0.2) is 4.79 Å². The lowest BCUT2D eigenvalue weighted by Gasteiger charge is -1.84. The van der Waals surface area contributed by atoms with E-state index in [0.717, 1.165) is 4.68 Å². The van der Waals surface area contributed by atoms with Gasteiger partial charge in [0.2, 0.25) is 0 Å². The van der Waals surface area contributed by atoms with Crippen LogP contribution in [0.25, 0.3) is 5.65 Å². The predicted molar refractivity (Wildman–Crippen MR) is 45.1 cm³/mol. The quantitative estimate of drug-likeness (QED) is 0.612. The first-order valence-corrected chi connectivity index (χ1v) is 3.74. The zero-order chi connectivity index (χ0) is 9.26. The van der Waals surface area contributed by atoms with Gasteiger partial charge in [-0.3, -0.25) is 4.40 Å². The molecule has 13 heavy (non-hydrogen) atoms. The molecule has 5 nitrogen and oxygen atoms in total. The highest BCUT2D eigenvalue weighted by atomic mass is 16.2. The van der Waals surface area contributed by atoms with Crippen LogP contribution in [-0.4, -0.2) is 14.2 Å². The van der Waals surface area contributed by atoms with E-state index in [1.54, 1.807) is 24.4 Å². The Morgan fingerprint density at radius 3 is 3.08 bits per heavy atom. The molecule has 2 aromatic heterocycles. The number of nitriles is 1. The Bertz CT molecular complexity index is 531. The largest absolute Gasteiger partial charge is 0.351 e. The van der Waals surface area contributed by atoms with Gasteiger partial charge in [-0.15, -0.1) is 5.10 Å². The van der Waals surface area contributed by atoms with E-state index >= 15 is 0 Å². The molecule has 0 aliphatic carbocycles. The molecule has 0 bridgehead atoms. The molecule has 2 rings (SSSR count). The molecular weight excluding hydrogens is 168 g/mol. The Morgan fingerprint density at radius 2 is 2.38 bits per heavy atom. The lowest BCUT2D eigenvalue weighted by atomic mass is 10.5. The average molecular weight is 174 g/mol. The summed E-state index contributed by atoms with van der Waals surface area (Å²) in [4.78, 5) is 11.4. The number of pyridine rings is 1. The number of rotatable bonds is 1. The second-order valence-corrected chi connectivity index (χ2v) is 2.53. The molecule has 0 fully saturated rings. The molecule has 2 heterocycles. The summed E-state index contributed by atoms with van der Waals surface area (Å²) in [7, 11) is 0. The van der Waals surface area contributed by atoms with Gasteiger partial charge >= 0.3 is 5.69 Å². The van der Waals surface area contributed by atoms with Gasteiger partial charge in [-0.1, -0.05) is 6.07 Å². The maximum Gasteiger partial charge on any atom is 0.351 e. The Morgan fingerprint density at radius 1 is 1.54 bits per heavy atom. The van der Waals surface area contributed by atoms with Gasteiger partial charge in [0.15, 0.2) is 5.65 Å². The van der Waals surface area contributed by atoms with Crippen LogP contribution in [0.3, 0.4) is 0 Å². The molecule has 64 valence electrons. The Hall–Kier alpha value is -2.09. The monoisotopic (exact) mass is 174 g/mol. The minimum Gasteiger partial charge on any atom is -0.250 e. The van der Waals surface area contributed by atoms with E-state index in [9.17, 15) is 4.79 Å². The van der Waals surface area contributed by atoms with Crippen molar-refractivity contribution in [2.75, 3.05) is 0 Å². The van der Waals surface area contributed by atoms with Gasteiger partial charge < -0.3 is 0 Å². The smallest absolute Gasteiger partial charge is 0.250 e. The summed E-state index contributed by atoms with van der Waals surface area (Å²) in [6.45, 7) is -0.0134. The van der Waals surface area contributed by atoms with Crippen molar-refractivity contribution >= 4 is 5.65 Å². The maximum absolute atomic E-state index is 11.4. The van der Waals surface area contributed by atoms with Gasteiger partial charge in [0.05, 0.1) is 6.07 Å². The van der Waals surface area contributed by atoms with E-state index in [1.165, 1.54) is 4.40 Å². The zero-order valence-electron chi connectivity index (χ0n) is 6.71. The molecule has 0 aromatic carbocycles. The second kappa shape index (κ2) is 2.75. The second-order valence-electron chi connectivity index (χ2n) is 2.53. The number of fused-ring (bicyclic) bond motifs is 1. The highest BCUT2D eigenvalue weighted by Gasteiger charge is 2.03. The van der Waals surface area contributed by atoms with Crippen LogP contribution in [-0.2, 0) is 6.54 Å². The van der Waals surface area contributed by atoms with Crippen LogP contribution < -0.4 is 5.69 Å². The fourth-order valence-corrected chi connectivity index (χ4v) is 1.14. The van der Waals surface area contributed by atoms with Crippen molar-refractivity contribution in [1.29, 1.82) is 5.26 Å². The normalized spacial score (nSPS) is 10.1. The van der Waals surface area contributed by atoms with Gasteiger partial charge in [-0.2, -0.15) is 9.94 Å². The molecule has 0 spiro atoms. The van der Waals surface area contributed by atoms with Crippen molar-refractivity contribution in [2.24, 2.45) is 0 Å². The molecule has 0 N–H and O–H groups in total. The van der Waals surface area contributed by atoms with E-state index in [0.29, 0.717) is 5.65 Å². The van der Waals surface area contributed by atoms with E-state index in [1.807, 2.05) is 6.07 Å². The highest BCUT2D eigenvalue weighted by molar-refractivity contribution is 5.35. The Kier molecular flexibility index (Phi) is 1.60. The van der Waals surface area contributed by atoms with Gasteiger partial charge in [0.1, 0.15) is 6.54 Å². The van der Waals surface area contributed by atoms with E-state index < -0.39 is 0 Å².